The van der Waals surface area contributed by atoms with Crippen LogP contribution in [0.2, 0.25) is 5.02 Å². The molecule has 1 aliphatic heterocycles. The summed E-state index contributed by atoms with van der Waals surface area (Å²) in [5.41, 5.74) is -0.795. The number of urea groups is 1. The van der Waals surface area contributed by atoms with Crippen LogP contribution in [0.3, 0.4) is 0 Å². The molecule has 2 rings (SSSR count). The van der Waals surface area contributed by atoms with E-state index in [1.165, 1.54) is 0 Å². The van der Waals surface area contributed by atoms with Crippen molar-refractivity contribution in [1.29, 1.82) is 0 Å². The van der Waals surface area contributed by atoms with Gasteiger partial charge in [0.15, 0.2) is 6.61 Å². The summed E-state index contributed by atoms with van der Waals surface area (Å²) in [7, 11) is 0. The van der Waals surface area contributed by atoms with Crippen LogP contribution in [0.1, 0.15) is 19.4 Å². The molecule has 1 aliphatic rings. The first-order valence-electron chi connectivity index (χ1n) is 8.39. The molecule has 0 aromatic heterocycles. The van der Waals surface area contributed by atoms with Crippen LogP contribution in [-0.4, -0.2) is 48.5 Å². The number of rotatable bonds is 6. The van der Waals surface area contributed by atoms with E-state index in [0.717, 1.165) is 23.1 Å². The highest BCUT2D eigenvalue weighted by atomic mass is 35.5. The lowest BCUT2D eigenvalue weighted by molar-refractivity contribution is -0.152. The van der Waals surface area contributed by atoms with E-state index in [1.807, 2.05) is 0 Å². The standard InChI is InChI=1S/C17H19ClF3N3O4/c1-9(2)14(15(26)28-8-13(25)24-6-5-22-16(24)27)23-12-4-3-10(7-11(12)18)17(19,20)21/h3-4,7,9,14,23H,5-6,8H2,1-2H3,(H,22,27)/t14-/m0/s1. The predicted octanol–water partition coefficient (Wildman–Crippen LogP) is 2.89. The van der Waals surface area contributed by atoms with E-state index >= 15 is 0 Å². The number of carbonyl (C=O) groups is 3. The SMILES string of the molecule is CC(C)[C@H](Nc1ccc(C(F)(F)F)cc1Cl)C(=O)OCC(=O)N1CCNC1=O. The van der Waals surface area contributed by atoms with E-state index in [9.17, 15) is 27.6 Å². The molecule has 28 heavy (non-hydrogen) atoms. The van der Waals surface area contributed by atoms with Crippen molar-refractivity contribution in [3.05, 3.63) is 28.8 Å². The fraction of sp³-hybridized carbons (Fsp3) is 0.471. The lowest BCUT2D eigenvalue weighted by atomic mass is 10.0. The van der Waals surface area contributed by atoms with Gasteiger partial charge in [0, 0.05) is 13.1 Å². The Hall–Kier alpha value is -2.49. The molecule has 0 unspecified atom stereocenters. The molecule has 154 valence electrons. The van der Waals surface area contributed by atoms with E-state index in [0.29, 0.717) is 6.54 Å². The molecule has 0 saturated carbocycles. The van der Waals surface area contributed by atoms with Gasteiger partial charge in [-0.05, 0) is 24.1 Å². The van der Waals surface area contributed by atoms with Crippen LogP contribution in [0.5, 0.6) is 0 Å². The van der Waals surface area contributed by atoms with Crippen LogP contribution in [0.4, 0.5) is 23.7 Å². The first-order chi connectivity index (χ1) is 13.0. The highest BCUT2D eigenvalue weighted by Crippen LogP contribution is 2.34. The Labute approximate surface area is 164 Å². The van der Waals surface area contributed by atoms with Crippen molar-refractivity contribution in [2.75, 3.05) is 25.0 Å². The van der Waals surface area contributed by atoms with Crippen molar-refractivity contribution in [1.82, 2.24) is 10.2 Å². The maximum Gasteiger partial charge on any atom is 0.416 e. The lowest BCUT2D eigenvalue weighted by Gasteiger charge is -2.23. The number of ether oxygens (including phenoxy) is 1. The third kappa shape index (κ3) is 5.28. The maximum atomic E-state index is 12.7. The second kappa shape index (κ2) is 8.68. The molecule has 2 N–H and O–H groups in total. The van der Waals surface area contributed by atoms with Crippen LogP contribution in [0.15, 0.2) is 18.2 Å². The lowest BCUT2D eigenvalue weighted by Crippen LogP contribution is -2.40. The third-order valence-electron chi connectivity index (χ3n) is 4.02. The molecular weight excluding hydrogens is 403 g/mol. The summed E-state index contributed by atoms with van der Waals surface area (Å²) in [5.74, 6) is -1.78. The average Bonchev–Trinajstić information content (AvgIpc) is 3.03. The number of imide groups is 1. The van der Waals surface area contributed by atoms with E-state index in [-0.39, 0.29) is 23.2 Å². The molecule has 1 aromatic carbocycles. The van der Waals surface area contributed by atoms with E-state index < -0.39 is 42.3 Å². The van der Waals surface area contributed by atoms with Crippen LogP contribution in [-0.2, 0) is 20.5 Å². The molecule has 1 heterocycles. The van der Waals surface area contributed by atoms with Crippen LogP contribution in [0.25, 0.3) is 0 Å². The van der Waals surface area contributed by atoms with Gasteiger partial charge in [0.2, 0.25) is 0 Å². The van der Waals surface area contributed by atoms with Crippen LogP contribution in [0, 0.1) is 5.92 Å². The average molecular weight is 422 g/mol. The molecule has 0 spiro atoms. The summed E-state index contributed by atoms with van der Waals surface area (Å²) in [6.45, 7) is 3.25. The molecule has 0 aliphatic carbocycles. The van der Waals surface area contributed by atoms with Gasteiger partial charge in [-0.3, -0.25) is 9.69 Å². The first kappa shape index (κ1) is 21.8. The number of nitrogens with zero attached hydrogens (tertiary/aromatic N) is 1. The number of hydrogen-bond acceptors (Lipinski definition) is 5. The summed E-state index contributed by atoms with van der Waals surface area (Å²) in [6, 6.07) is 1.19. The number of nitrogens with one attached hydrogen (secondary N) is 2. The minimum atomic E-state index is -4.54. The van der Waals surface area contributed by atoms with Gasteiger partial charge in [-0.2, -0.15) is 13.2 Å². The van der Waals surface area contributed by atoms with Crippen molar-refractivity contribution in [3.8, 4) is 0 Å². The van der Waals surface area contributed by atoms with Gasteiger partial charge in [-0.1, -0.05) is 25.4 Å². The Morgan fingerprint density at radius 2 is 2.04 bits per heavy atom. The monoisotopic (exact) mass is 421 g/mol. The second-order valence-corrected chi connectivity index (χ2v) is 6.85. The summed E-state index contributed by atoms with van der Waals surface area (Å²) in [4.78, 5) is 36.6. The minimum absolute atomic E-state index is 0.121. The number of hydrogen-bond donors (Lipinski definition) is 2. The second-order valence-electron chi connectivity index (χ2n) is 6.44. The largest absolute Gasteiger partial charge is 0.454 e. The fourth-order valence-corrected chi connectivity index (χ4v) is 2.72. The van der Waals surface area contributed by atoms with Gasteiger partial charge < -0.3 is 15.4 Å². The van der Waals surface area contributed by atoms with Crippen LogP contribution < -0.4 is 10.6 Å². The zero-order chi connectivity index (χ0) is 21.1. The van der Waals surface area contributed by atoms with Crippen molar-refractivity contribution in [2.24, 2.45) is 5.92 Å². The molecule has 1 atom stereocenters. The van der Waals surface area contributed by atoms with Crippen molar-refractivity contribution < 1.29 is 32.3 Å². The van der Waals surface area contributed by atoms with Crippen molar-refractivity contribution >= 4 is 35.2 Å². The quantitative estimate of drug-likeness (QED) is 0.690. The Balaban J connectivity index is 2.03. The summed E-state index contributed by atoms with van der Waals surface area (Å²) in [6.07, 6.45) is -4.54. The van der Waals surface area contributed by atoms with Gasteiger partial charge >= 0.3 is 18.2 Å². The Morgan fingerprint density at radius 3 is 2.54 bits per heavy atom. The maximum absolute atomic E-state index is 12.7. The number of carbonyl (C=O) groups excluding carboxylic acids is 3. The molecule has 1 saturated heterocycles. The normalized spacial score (nSPS) is 15.4. The van der Waals surface area contributed by atoms with E-state index in [4.69, 9.17) is 16.3 Å². The Bertz CT molecular complexity index is 771. The number of halogens is 4. The zero-order valence-electron chi connectivity index (χ0n) is 15.1. The first-order valence-corrected chi connectivity index (χ1v) is 8.76. The Kier molecular flexibility index (Phi) is 6.76. The third-order valence-corrected chi connectivity index (χ3v) is 4.34. The van der Waals surface area contributed by atoms with Crippen LogP contribution >= 0.6 is 11.6 Å². The van der Waals surface area contributed by atoms with Gasteiger partial charge in [-0.25, -0.2) is 9.59 Å². The topological polar surface area (TPSA) is 87.7 Å². The van der Waals surface area contributed by atoms with Crippen molar-refractivity contribution in [2.45, 2.75) is 26.1 Å². The highest BCUT2D eigenvalue weighted by Gasteiger charge is 2.32. The number of benzene rings is 1. The highest BCUT2D eigenvalue weighted by molar-refractivity contribution is 6.33. The van der Waals surface area contributed by atoms with Gasteiger partial charge in [0.25, 0.3) is 5.91 Å². The molecule has 1 fully saturated rings. The smallest absolute Gasteiger partial charge is 0.416 e. The molecule has 0 radical (unpaired) electrons. The molecular formula is C17H19ClF3N3O4. The summed E-state index contributed by atoms with van der Waals surface area (Å²) < 4.78 is 43.2. The predicted molar refractivity (Wildman–Crippen MR) is 94.8 cm³/mol. The number of alkyl halides is 3. The van der Waals surface area contributed by atoms with E-state index in [2.05, 4.69) is 10.6 Å². The zero-order valence-corrected chi connectivity index (χ0v) is 15.9. The van der Waals surface area contributed by atoms with Gasteiger partial charge in [0.05, 0.1) is 16.3 Å². The molecule has 1 aromatic rings. The van der Waals surface area contributed by atoms with Gasteiger partial charge in [-0.15, -0.1) is 0 Å². The summed E-state index contributed by atoms with van der Waals surface area (Å²) in [5, 5.41) is 4.99. The summed E-state index contributed by atoms with van der Waals surface area (Å²) >= 11 is 5.90. The molecule has 3 amide bonds. The molecule has 11 heteroatoms. The van der Waals surface area contributed by atoms with E-state index in [1.54, 1.807) is 13.8 Å². The van der Waals surface area contributed by atoms with Crippen molar-refractivity contribution in [3.63, 3.8) is 0 Å². The molecule has 0 bridgehead atoms. The fourth-order valence-electron chi connectivity index (χ4n) is 2.48. The molecule has 7 nitrogen and oxygen atoms in total. The Morgan fingerprint density at radius 1 is 1.36 bits per heavy atom. The van der Waals surface area contributed by atoms with Gasteiger partial charge in [0.1, 0.15) is 6.04 Å². The number of amides is 3. The number of esters is 1. The number of anilines is 1. The minimum Gasteiger partial charge on any atom is -0.454 e.